The van der Waals surface area contributed by atoms with E-state index in [4.69, 9.17) is 16.2 Å². The first-order valence-electron chi connectivity index (χ1n) is 20.6. The van der Waals surface area contributed by atoms with Crippen molar-refractivity contribution in [2.24, 2.45) is 22.4 Å². The second kappa shape index (κ2) is 17.4. The standard InChI is InChI=1S/C44H49N9O7/c45-39(28-6-9-31(10-7-28)60-30-4-2-1-3-5-30)38(40(46)56)41-47-18-14-34(48-41)27-15-20-52(21-16-27)37(55)17-19-50-22-24-51(25-23-50)29-8-11-32-33(26-29)44(59)53(43(32)58)35-12-13-36(54)49-42(35)57/h1-11,26-27,34-35H,12-25,45H2,(H2,46,56)(H,47,48)(H,49,54,57)/t34-,35?/m0/s1. The summed E-state index contributed by atoms with van der Waals surface area (Å²) < 4.78 is 5.89. The number of fused-ring (bicyclic) bond motifs is 1. The molecule has 1 unspecified atom stereocenters. The summed E-state index contributed by atoms with van der Waals surface area (Å²) in [6.45, 7) is 5.32. The predicted octanol–water partition coefficient (Wildman–Crippen LogP) is 2.25. The van der Waals surface area contributed by atoms with Gasteiger partial charge in [0, 0.05) is 76.9 Å². The average molecular weight is 816 g/mol. The Kier molecular flexibility index (Phi) is 11.6. The van der Waals surface area contributed by atoms with Crippen molar-refractivity contribution in [2.75, 3.05) is 57.3 Å². The van der Waals surface area contributed by atoms with Crippen LogP contribution in [0.15, 0.2) is 83.4 Å². The van der Waals surface area contributed by atoms with Gasteiger partial charge in [0.25, 0.3) is 17.7 Å². The molecular formula is C44H49N9O7. The van der Waals surface area contributed by atoms with Gasteiger partial charge in [0.2, 0.25) is 17.7 Å². The van der Waals surface area contributed by atoms with E-state index in [2.05, 4.69) is 25.4 Å². The molecule has 0 bridgehead atoms. The van der Waals surface area contributed by atoms with Crippen molar-refractivity contribution in [1.82, 2.24) is 25.3 Å². The van der Waals surface area contributed by atoms with Crippen LogP contribution >= 0.6 is 0 Å². The minimum atomic E-state index is -1.00. The number of piperidine rings is 2. The quantitative estimate of drug-likeness (QED) is 0.163. The van der Waals surface area contributed by atoms with Crippen LogP contribution in [0.1, 0.15) is 64.8 Å². The van der Waals surface area contributed by atoms with Gasteiger partial charge in [0.05, 0.1) is 16.8 Å². The molecule has 8 rings (SSSR count). The molecule has 60 heavy (non-hydrogen) atoms. The highest BCUT2D eigenvalue weighted by Crippen LogP contribution is 2.32. The fraction of sp³-hybridized carbons (Fsp3) is 0.386. The van der Waals surface area contributed by atoms with Crippen molar-refractivity contribution in [3.8, 4) is 11.5 Å². The molecular weight excluding hydrogens is 767 g/mol. The van der Waals surface area contributed by atoms with Crippen LogP contribution in [0.5, 0.6) is 11.5 Å². The predicted molar refractivity (Wildman–Crippen MR) is 223 cm³/mol. The lowest BCUT2D eigenvalue weighted by Crippen LogP contribution is -2.54. The Hall–Kier alpha value is -6.55. The Morgan fingerprint density at radius 2 is 1.48 bits per heavy atom. The number of benzene rings is 3. The van der Waals surface area contributed by atoms with E-state index in [0.717, 1.165) is 42.9 Å². The molecule has 312 valence electrons. The number of nitrogens with zero attached hydrogens (tertiary/aromatic N) is 5. The second-order valence-electron chi connectivity index (χ2n) is 15.8. The monoisotopic (exact) mass is 815 g/mol. The number of imide groups is 2. The minimum Gasteiger partial charge on any atom is -0.457 e. The Labute approximate surface area is 347 Å². The first kappa shape index (κ1) is 40.2. The number of hydrogen-bond acceptors (Lipinski definition) is 12. The number of piperazine rings is 1. The van der Waals surface area contributed by atoms with Crippen LogP contribution in [0.4, 0.5) is 5.69 Å². The molecule has 0 aromatic heterocycles. The van der Waals surface area contributed by atoms with Gasteiger partial charge in [-0.05, 0) is 91.8 Å². The van der Waals surface area contributed by atoms with Crippen LogP contribution in [0.25, 0.3) is 5.70 Å². The fourth-order valence-corrected chi connectivity index (χ4v) is 8.81. The zero-order valence-electron chi connectivity index (χ0n) is 33.3. The van der Waals surface area contributed by atoms with E-state index in [-0.39, 0.29) is 53.1 Å². The first-order valence-corrected chi connectivity index (χ1v) is 20.6. The largest absolute Gasteiger partial charge is 0.457 e. The minimum absolute atomic E-state index is 0.0587. The number of likely N-dealkylation sites (tertiary alicyclic amines) is 1. The Balaban J connectivity index is 0.791. The van der Waals surface area contributed by atoms with Gasteiger partial charge in [-0.25, -0.2) is 0 Å². The SMILES string of the molecule is NC(=O)C(C1=NCC[C@@H](C2CCN(C(=O)CCN3CCN(c4ccc5c(c4)C(=O)N(C4CCC(=O)NC4=O)C5=O)CC3)CC2)N1)=C(N)c1ccc(Oc2ccccc2)cc1. The zero-order chi connectivity index (χ0) is 41.9. The van der Waals surface area contributed by atoms with E-state index in [1.54, 1.807) is 36.4 Å². The molecule has 0 aliphatic carbocycles. The van der Waals surface area contributed by atoms with E-state index in [1.807, 2.05) is 41.3 Å². The number of nitrogens with one attached hydrogen (secondary N) is 2. The van der Waals surface area contributed by atoms with Gasteiger partial charge < -0.3 is 31.3 Å². The number of rotatable bonds is 11. The number of primary amides is 1. The molecule has 6 N–H and O–H groups in total. The van der Waals surface area contributed by atoms with Crippen molar-refractivity contribution in [2.45, 2.75) is 50.6 Å². The third-order valence-electron chi connectivity index (χ3n) is 12.2. The summed E-state index contributed by atoms with van der Waals surface area (Å²) in [6, 6.07) is 20.8. The number of carbonyl (C=O) groups excluding carboxylic acids is 6. The van der Waals surface area contributed by atoms with Crippen LogP contribution in [-0.2, 0) is 19.2 Å². The molecule has 5 heterocycles. The van der Waals surface area contributed by atoms with Gasteiger partial charge in [-0.1, -0.05) is 18.2 Å². The van der Waals surface area contributed by atoms with Crippen LogP contribution < -0.4 is 31.7 Å². The molecule has 0 saturated carbocycles. The third-order valence-corrected chi connectivity index (χ3v) is 12.2. The lowest BCUT2D eigenvalue weighted by atomic mass is 9.86. The topological polar surface area (TPSA) is 213 Å². The van der Waals surface area contributed by atoms with E-state index in [9.17, 15) is 28.8 Å². The van der Waals surface area contributed by atoms with Crippen LogP contribution in [0.3, 0.4) is 0 Å². The fourth-order valence-electron chi connectivity index (χ4n) is 8.81. The Morgan fingerprint density at radius 3 is 2.18 bits per heavy atom. The van der Waals surface area contributed by atoms with E-state index < -0.39 is 35.6 Å². The van der Waals surface area contributed by atoms with Crippen LogP contribution in [0.2, 0.25) is 0 Å². The van der Waals surface area contributed by atoms with Crippen LogP contribution in [0, 0.1) is 5.92 Å². The number of anilines is 1. The number of carbonyl (C=O) groups is 6. The molecule has 0 spiro atoms. The first-order chi connectivity index (χ1) is 29.0. The zero-order valence-corrected chi connectivity index (χ0v) is 33.3. The Bertz CT molecular complexity index is 2240. The Morgan fingerprint density at radius 1 is 0.783 bits per heavy atom. The van der Waals surface area contributed by atoms with Gasteiger partial charge >= 0.3 is 0 Å². The number of ether oxygens (including phenoxy) is 1. The van der Waals surface area contributed by atoms with Gasteiger partial charge in [0.1, 0.15) is 28.9 Å². The number of nitrogens with two attached hydrogens (primary N) is 2. The summed E-state index contributed by atoms with van der Waals surface area (Å²) >= 11 is 0. The summed E-state index contributed by atoms with van der Waals surface area (Å²) in [6.07, 6.45) is 3.04. The molecule has 6 amide bonds. The van der Waals surface area contributed by atoms with Crippen molar-refractivity contribution in [3.63, 3.8) is 0 Å². The highest BCUT2D eigenvalue weighted by Gasteiger charge is 2.45. The molecule has 3 aromatic rings. The molecule has 3 fully saturated rings. The van der Waals surface area contributed by atoms with Gasteiger partial charge in [0.15, 0.2) is 0 Å². The number of para-hydroxylation sites is 1. The maximum atomic E-state index is 13.4. The third kappa shape index (κ3) is 8.46. The summed E-state index contributed by atoms with van der Waals surface area (Å²) in [5.41, 5.74) is 14.8. The number of amides is 6. The lowest BCUT2D eigenvalue weighted by molar-refractivity contribution is -0.136. The molecule has 2 atom stereocenters. The molecule has 5 aliphatic rings. The van der Waals surface area contributed by atoms with Crippen molar-refractivity contribution < 1.29 is 33.5 Å². The van der Waals surface area contributed by atoms with Crippen LogP contribution in [-0.4, -0.2) is 120 Å². The van der Waals surface area contributed by atoms with Gasteiger partial charge in [-0.15, -0.1) is 0 Å². The van der Waals surface area contributed by atoms with E-state index in [1.165, 1.54) is 0 Å². The number of hydrogen-bond donors (Lipinski definition) is 4. The number of amidine groups is 1. The molecule has 5 aliphatic heterocycles. The summed E-state index contributed by atoms with van der Waals surface area (Å²) in [5.74, 6) is -0.602. The molecule has 0 radical (unpaired) electrons. The molecule has 16 heteroatoms. The van der Waals surface area contributed by atoms with Crippen molar-refractivity contribution in [1.29, 1.82) is 0 Å². The second-order valence-corrected chi connectivity index (χ2v) is 15.8. The van der Waals surface area contributed by atoms with Crippen molar-refractivity contribution >= 4 is 52.7 Å². The number of aliphatic imine (C=N–C) groups is 1. The smallest absolute Gasteiger partial charge is 0.262 e. The molecule has 3 saturated heterocycles. The summed E-state index contributed by atoms with van der Waals surface area (Å²) in [7, 11) is 0. The highest BCUT2D eigenvalue weighted by atomic mass is 16.5. The van der Waals surface area contributed by atoms with E-state index >= 15 is 0 Å². The lowest BCUT2D eigenvalue weighted by Gasteiger charge is -2.39. The summed E-state index contributed by atoms with van der Waals surface area (Å²) in [4.78, 5) is 88.6. The van der Waals surface area contributed by atoms with Gasteiger partial charge in [-0.2, -0.15) is 0 Å². The molecule has 16 nitrogen and oxygen atoms in total. The van der Waals surface area contributed by atoms with E-state index in [0.29, 0.717) is 68.6 Å². The summed E-state index contributed by atoms with van der Waals surface area (Å²) in [5, 5.41) is 5.70. The maximum absolute atomic E-state index is 13.4. The average Bonchev–Trinajstić information content (AvgIpc) is 3.51. The normalized spacial score (nSPS) is 21.8. The van der Waals surface area contributed by atoms with Gasteiger partial charge in [-0.3, -0.25) is 48.9 Å². The highest BCUT2D eigenvalue weighted by molar-refractivity contribution is 6.25. The van der Waals surface area contributed by atoms with Crippen molar-refractivity contribution in [3.05, 3.63) is 95.1 Å². The molecule has 3 aromatic carbocycles. The maximum Gasteiger partial charge on any atom is 0.262 e.